The van der Waals surface area contributed by atoms with Crippen molar-refractivity contribution in [2.45, 2.75) is 37.8 Å². The summed E-state index contributed by atoms with van der Waals surface area (Å²) in [4.78, 5) is 11.1. The predicted octanol–water partition coefficient (Wildman–Crippen LogP) is 1.86. The molecule has 0 bridgehead atoms. The molecule has 1 aromatic rings. The van der Waals surface area contributed by atoms with Crippen LogP contribution in [0.4, 0.5) is 11.8 Å². The zero-order chi connectivity index (χ0) is 12.5. The van der Waals surface area contributed by atoms with E-state index in [1.54, 1.807) is 6.07 Å². The number of fused-ring (bicyclic) bond motifs is 1. The number of halogens is 1. The quantitative estimate of drug-likeness (QED) is 0.816. The molecule has 3 rings (SSSR count). The van der Waals surface area contributed by atoms with Crippen molar-refractivity contribution in [2.24, 2.45) is 0 Å². The number of nitrogens with two attached hydrogens (primary N) is 1. The average molecular weight is 312 g/mol. The number of hydrogen-bond donors (Lipinski definition) is 2. The minimum Gasteiger partial charge on any atom is -0.383 e. The zero-order valence-electron chi connectivity index (χ0n) is 10.3. The number of hydrogen-bond acceptors (Lipinski definition) is 5. The summed E-state index contributed by atoms with van der Waals surface area (Å²) in [6.07, 6.45) is 5.03. The molecule has 0 radical (unpaired) electrons. The predicted molar refractivity (Wildman–Crippen MR) is 75.4 cm³/mol. The molecule has 2 aliphatic heterocycles. The summed E-state index contributed by atoms with van der Waals surface area (Å²) < 4.78 is 0.732. The molecule has 2 fully saturated rings. The molecular weight excluding hydrogens is 294 g/mol. The van der Waals surface area contributed by atoms with Crippen LogP contribution in [0.2, 0.25) is 0 Å². The van der Waals surface area contributed by atoms with Crippen LogP contribution < -0.4 is 11.1 Å². The van der Waals surface area contributed by atoms with E-state index in [4.69, 9.17) is 5.73 Å². The maximum atomic E-state index is 5.72. The molecule has 18 heavy (non-hydrogen) atoms. The van der Waals surface area contributed by atoms with Crippen molar-refractivity contribution in [2.75, 3.05) is 24.1 Å². The van der Waals surface area contributed by atoms with Gasteiger partial charge < -0.3 is 16.0 Å². The minimum atomic E-state index is 0.470. The summed E-state index contributed by atoms with van der Waals surface area (Å²) in [5.41, 5.74) is 5.72. The van der Waals surface area contributed by atoms with E-state index in [0.717, 1.165) is 17.1 Å². The Balaban J connectivity index is 1.65. The van der Waals surface area contributed by atoms with E-state index >= 15 is 0 Å². The monoisotopic (exact) mass is 311 g/mol. The molecule has 98 valence electrons. The van der Waals surface area contributed by atoms with Gasteiger partial charge in [-0.1, -0.05) is 0 Å². The molecule has 0 amide bonds. The Hall–Kier alpha value is -0.880. The maximum Gasteiger partial charge on any atom is 0.225 e. The number of piperidine rings is 1. The summed E-state index contributed by atoms with van der Waals surface area (Å²) in [6.45, 7) is 2.46. The van der Waals surface area contributed by atoms with Crippen LogP contribution in [-0.2, 0) is 0 Å². The third kappa shape index (κ3) is 2.59. The fourth-order valence-corrected chi connectivity index (χ4v) is 3.44. The van der Waals surface area contributed by atoms with Gasteiger partial charge in [0.1, 0.15) is 10.4 Å². The Labute approximate surface area is 115 Å². The van der Waals surface area contributed by atoms with Crippen LogP contribution in [0.15, 0.2) is 10.7 Å². The molecule has 2 unspecified atom stereocenters. The average Bonchev–Trinajstić information content (AvgIpc) is 2.74. The Morgan fingerprint density at radius 2 is 2.22 bits per heavy atom. The lowest BCUT2D eigenvalue weighted by atomic mass is 9.98. The highest BCUT2D eigenvalue weighted by atomic mass is 79.9. The van der Waals surface area contributed by atoms with Crippen LogP contribution >= 0.6 is 15.9 Å². The van der Waals surface area contributed by atoms with Gasteiger partial charge in [-0.15, -0.1) is 0 Å². The van der Waals surface area contributed by atoms with E-state index in [0.29, 0.717) is 17.8 Å². The van der Waals surface area contributed by atoms with Crippen LogP contribution in [0.1, 0.15) is 25.7 Å². The molecule has 2 atom stereocenters. The number of rotatable bonds is 2. The third-order valence-corrected chi connectivity index (χ3v) is 4.27. The van der Waals surface area contributed by atoms with Crippen molar-refractivity contribution in [1.29, 1.82) is 0 Å². The lowest BCUT2D eigenvalue weighted by Crippen LogP contribution is -2.43. The van der Waals surface area contributed by atoms with Gasteiger partial charge >= 0.3 is 0 Å². The molecule has 3 N–H and O–H groups in total. The molecule has 6 heteroatoms. The standard InChI is InChI=1S/C12H18BrN5/c13-10-7-11(14)17-12(16-10)15-8-3-5-18-4-1-2-9(18)6-8/h7-9H,1-6H2,(H3,14,15,16,17). The first kappa shape index (κ1) is 12.2. The molecule has 2 saturated heterocycles. The van der Waals surface area contributed by atoms with Gasteiger partial charge in [-0.05, 0) is 48.2 Å². The molecule has 1 aromatic heterocycles. The van der Waals surface area contributed by atoms with Gasteiger partial charge in [-0.3, -0.25) is 0 Å². The van der Waals surface area contributed by atoms with Crippen LogP contribution in [-0.4, -0.2) is 40.0 Å². The highest BCUT2D eigenvalue weighted by molar-refractivity contribution is 9.10. The first-order valence-corrected chi connectivity index (χ1v) is 7.30. The summed E-state index contributed by atoms with van der Waals surface area (Å²) in [5.74, 6) is 1.14. The third-order valence-electron chi connectivity index (χ3n) is 3.87. The highest BCUT2D eigenvalue weighted by Gasteiger charge is 2.31. The normalized spacial score (nSPS) is 28.1. The van der Waals surface area contributed by atoms with E-state index in [1.165, 1.54) is 32.4 Å². The summed E-state index contributed by atoms with van der Waals surface area (Å²) >= 11 is 3.34. The van der Waals surface area contributed by atoms with E-state index in [2.05, 4.69) is 36.1 Å². The molecule has 0 aromatic carbocycles. The second-order valence-electron chi connectivity index (χ2n) is 5.14. The number of anilines is 2. The van der Waals surface area contributed by atoms with Crippen LogP contribution in [0, 0.1) is 0 Å². The SMILES string of the molecule is Nc1cc(Br)nc(NC2CCN3CCCC3C2)n1. The van der Waals surface area contributed by atoms with Crippen molar-refractivity contribution in [3.8, 4) is 0 Å². The Morgan fingerprint density at radius 3 is 3.06 bits per heavy atom. The van der Waals surface area contributed by atoms with Gasteiger partial charge in [0.05, 0.1) is 0 Å². The van der Waals surface area contributed by atoms with Gasteiger partial charge in [0.2, 0.25) is 5.95 Å². The van der Waals surface area contributed by atoms with Crippen molar-refractivity contribution in [1.82, 2.24) is 14.9 Å². The van der Waals surface area contributed by atoms with Crippen molar-refractivity contribution < 1.29 is 0 Å². The fourth-order valence-electron chi connectivity index (χ4n) is 3.04. The van der Waals surface area contributed by atoms with Crippen LogP contribution in [0.25, 0.3) is 0 Å². The topological polar surface area (TPSA) is 67.1 Å². The van der Waals surface area contributed by atoms with E-state index in [1.807, 2.05) is 0 Å². The van der Waals surface area contributed by atoms with E-state index in [9.17, 15) is 0 Å². The molecular formula is C12H18BrN5. The highest BCUT2D eigenvalue weighted by Crippen LogP contribution is 2.28. The molecule has 3 heterocycles. The molecule has 0 spiro atoms. The Morgan fingerprint density at radius 1 is 1.33 bits per heavy atom. The molecule has 0 aliphatic carbocycles. The summed E-state index contributed by atoms with van der Waals surface area (Å²) in [6, 6.07) is 2.93. The summed E-state index contributed by atoms with van der Waals surface area (Å²) in [7, 11) is 0. The van der Waals surface area contributed by atoms with Gasteiger partial charge in [0.15, 0.2) is 0 Å². The Kier molecular flexibility index (Phi) is 3.39. The van der Waals surface area contributed by atoms with Gasteiger partial charge in [-0.25, -0.2) is 4.98 Å². The smallest absolute Gasteiger partial charge is 0.225 e. The largest absolute Gasteiger partial charge is 0.383 e. The van der Waals surface area contributed by atoms with Crippen LogP contribution in [0.5, 0.6) is 0 Å². The number of nitrogens with zero attached hydrogens (tertiary/aromatic N) is 3. The second-order valence-corrected chi connectivity index (χ2v) is 5.95. The van der Waals surface area contributed by atoms with Crippen molar-refractivity contribution >= 4 is 27.7 Å². The first-order valence-electron chi connectivity index (χ1n) is 6.51. The van der Waals surface area contributed by atoms with Gasteiger partial charge in [-0.2, -0.15) is 4.98 Å². The van der Waals surface area contributed by atoms with E-state index < -0.39 is 0 Å². The number of nitrogen functional groups attached to an aromatic ring is 1. The van der Waals surface area contributed by atoms with Gasteiger partial charge in [0, 0.05) is 24.7 Å². The van der Waals surface area contributed by atoms with Crippen molar-refractivity contribution in [3.05, 3.63) is 10.7 Å². The lowest BCUT2D eigenvalue weighted by molar-refractivity contribution is 0.188. The second kappa shape index (κ2) is 5.01. The number of nitrogens with one attached hydrogen (secondary N) is 1. The summed E-state index contributed by atoms with van der Waals surface area (Å²) in [5, 5.41) is 3.42. The first-order chi connectivity index (χ1) is 8.70. The molecule has 5 nitrogen and oxygen atoms in total. The van der Waals surface area contributed by atoms with Crippen LogP contribution in [0.3, 0.4) is 0 Å². The fraction of sp³-hybridized carbons (Fsp3) is 0.667. The molecule has 2 aliphatic rings. The minimum absolute atomic E-state index is 0.470. The number of aromatic nitrogens is 2. The van der Waals surface area contributed by atoms with E-state index in [-0.39, 0.29) is 0 Å². The van der Waals surface area contributed by atoms with Crippen molar-refractivity contribution in [3.63, 3.8) is 0 Å². The van der Waals surface area contributed by atoms with Gasteiger partial charge in [0.25, 0.3) is 0 Å². The zero-order valence-corrected chi connectivity index (χ0v) is 11.9. The molecule has 0 saturated carbocycles. The Bertz CT molecular complexity index is 418. The lowest BCUT2D eigenvalue weighted by Gasteiger charge is -2.35. The maximum absolute atomic E-state index is 5.72.